The largest absolute Gasteiger partial charge is 0.360 e. The molecule has 1 aliphatic heterocycles. The van der Waals surface area contributed by atoms with Gasteiger partial charge in [0.15, 0.2) is 0 Å². The molecule has 2 heterocycles. The molecule has 1 fully saturated rings. The van der Waals surface area contributed by atoms with Crippen molar-refractivity contribution in [2.24, 2.45) is 7.05 Å². The first kappa shape index (κ1) is 20.2. The number of amides is 1. The van der Waals surface area contributed by atoms with Crippen LogP contribution in [0.25, 0.3) is 6.08 Å². The zero-order valence-electron chi connectivity index (χ0n) is 15.6. The highest BCUT2D eigenvalue weighted by Gasteiger charge is 2.30. The monoisotopic (exact) mass is 390 g/mol. The molecule has 2 rings (SSSR count). The second-order valence-corrected chi connectivity index (χ2v) is 7.90. The molecule has 1 amide bonds. The molecule has 1 aliphatic rings. The summed E-state index contributed by atoms with van der Waals surface area (Å²) in [6, 6.07) is 2.00. The summed E-state index contributed by atoms with van der Waals surface area (Å²) in [4.78, 5) is 28.9. The van der Waals surface area contributed by atoms with Crippen molar-refractivity contribution in [2.45, 2.75) is 26.7 Å². The zero-order valence-corrected chi connectivity index (χ0v) is 17.3. The summed E-state index contributed by atoms with van der Waals surface area (Å²) in [5.74, 6) is 0.523. The Labute approximate surface area is 163 Å². The van der Waals surface area contributed by atoms with Gasteiger partial charge in [-0.3, -0.25) is 19.1 Å². The molecule has 0 bridgehead atoms. The number of thiocarbonyl (C=S) groups is 1. The summed E-state index contributed by atoms with van der Waals surface area (Å²) >= 11 is 6.42. The molecule has 138 valence electrons. The van der Waals surface area contributed by atoms with Crippen molar-refractivity contribution >= 4 is 46.1 Å². The van der Waals surface area contributed by atoms with Crippen molar-refractivity contribution < 1.29 is 4.79 Å². The van der Waals surface area contributed by atoms with E-state index in [4.69, 9.17) is 12.2 Å². The summed E-state index contributed by atoms with van der Waals surface area (Å²) in [6.07, 6.45) is 3.74. The minimum atomic E-state index is -0.330. The Balaban J connectivity index is 2.72. The maximum atomic E-state index is 12.6. The Hall–Kier alpha value is -2.11. The average molecular weight is 391 g/mol. The third kappa shape index (κ3) is 3.55. The molecule has 1 saturated heterocycles. The lowest BCUT2D eigenvalue weighted by molar-refractivity contribution is -0.121. The molecule has 0 radical (unpaired) electrons. The predicted molar refractivity (Wildman–Crippen MR) is 110 cm³/mol. The number of aromatic nitrogens is 1. The summed E-state index contributed by atoms with van der Waals surface area (Å²) in [5, 5.41) is 9.42. The Bertz CT molecular complexity index is 896. The first-order chi connectivity index (χ1) is 12.2. The molecule has 1 aromatic heterocycles. The number of carbonyl (C=O) groups is 1. The number of rotatable bonds is 5. The summed E-state index contributed by atoms with van der Waals surface area (Å²) in [6.45, 7) is 4.62. The average Bonchev–Trinajstić information content (AvgIpc) is 2.85. The molecule has 26 heavy (non-hydrogen) atoms. The van der Waals surface area contributed by atoms with Crippen molar-refractivity contribution in [3.05, 3.63) is 31.9 Å². The zero-order chi connectivity index (χ0) is 19.6. The summed E-state index contributed by atoms with van der Waals surface area (Å²) in [7, 11) is 5.21. The van der Waals surface area contributed by atoms with Crippen LogP contribution in [0, 0.1) is 18.3 Å². The van der Waals surface area contributed by atoms with E-state index in [-0.39, 0.29) is 17.0 Å². The van der Waals surface area contributed by atoms with Crippen LogP contribution in [0.4, 0.5) is 5.82 Å². The maximum Gasteiger partial charge on any atom is 0.270 e. The van der Waals surface area contributed by atoms with E-state index in [1.807, 2.05) is 18.0 Å². The van der Waals surface area contributed by atoms with E-state index in [0.29, 0.717) is 26.2 Å². The third-order valence-corrected chi connectivity index (χ3v) is 5.92. The van der Waals surface area contributed by atoms with Crippen molar-refractivity contribution in [3.8, 4) is 6.07 Å². The number of likely N-dealkylation sites (N-methyl/N-ethyl adjacent to an activating group) is 1. The fourth-order valence-corrected chi connectivity index (χ4v) is 4.01. The fraction of sp³-hybridized carbons (Fsp3) is 0.444. The summed E-state index contributed by atoms with van der Waals surface area (Å²) < 4.78 is 1.98. The lowest BCUT2D eigenvalue weighted by atomic mass is 10.0. The van der Waals surface area contributed by atoms with E-state index in [9.17, 15) is 14.9 Å². The molecule has 6 nitrogen and oxygen atoms in total. The first-order valence-corrected chi connectivity index (χ1v) is 9.53. The smallest absolute Gasteiger partial charge is 0.270 e. The minimum absolute atomic E-state index is 0.0957. The highest BCUT2D eigenvalue weighted by Crippen LogP contribution is 2.34. The Kier molecular flexibility index (Phi) is 6.26. The molecule has 0 atom stereocenters. The van der Waals surface area contributed by atoms with Crippen LogP contribution < -0.4 is 10.5 Å². The van der Waals surface area contributed by atoms with Crippen LogP contribution >= 0.6 is 24.0 Å². The van der Waals surface area contributed by atoms with Gasteiger partial charge in [-0.25, -0.2) is 0 Å². The fourth-order valence-electron chi connectivity index (χ4n) is 2.85. The van der Waals surface area contributed by atoms with Gasteiger partial charge in [-0.05, 0) is 25.0 Å². The van der Waals surface area contributed by atoms with Crippen LogP contribution in [0.5, 0.6) is 0 Å². The second kappa shape index (κ2) is 8.06. The number of hydrogen-bond donors (Lipinski definition) is 0. The van der Waals surface area contributed by atoms with Gasteiger partial charge in [-0.2, -0.15) is 5.26 Å². The number of carbonyl (C=O) groups excluding carboxylic acids is 1. The highest BCUT2D eigenvalue weighted by molar-refractivity contribution is 8.26. The molecular formula is C18H22N4O2S2. The number of hydrogen-bond acceptors (Lipinski definition) is 6. The second-order valence-electron chi connectivity index (χ2n) is 6.23. The molecule has 0 aliphatic carbocycles. The molecule has 8 heteroatoms. The van der Waals surface area contributed by atoms with Gasteiger partial charge in [-0.15, -0.1) is 0 Å². The van der Waals surface area contributed by atoms with Crippen LogP contribution in [0.2, 0.25) is 0 Å². The van der Waals surface area contributed by atoms with Crippen LogP contribution in [0.15, 0.2) is 9.70 Å². The van der Waals surface area contributed by atoms with Crippen LogP contribution in [-0.4, -0.2) is 40.3 Å². The number of thioether (sulfide) groups is 1. The van der Waals surface area contributed by atoms with Crippen molar-refractivity contribution in [3.63, 3.8) is 0 Å². The van der Waals surface area contributed by atoms with E-state index in [2.05, 4.69) is 6.92 Å². The summed E-state index contributed by atoms with van der Waals surface area (Å²) in [5.41, 5.74) is 1.05. The van der Waals surface area contributed by atoms with Crippen LogP contribution in [0.3, 0.4) is 0 Å². The van der Waals surface area contributed by atoms with Crippen LogP contribution in [0.1, 0.15) is 36.5 Å². The van der Waals surface area contributed by atoms with Crippen LogP contribution in [-0.2, 0) is 11.8 Å². The number of pyridine rings is 1. The van der Waals surface area contributed by atoms with Crippen molar-refractivity contribution in [2.75, 3.05) is 25.5 Å². The quantitative estimate of drug-likeness (QED) is 0.569. The first-order valence-electron chi connectivity index (χ1n) is 8.30. The SMILES string of the molecule is CCCCN(C)c1c(C=C2SC(=S)N(C)C2=O)c(C)c(C#N)c(=O)n1C. The number of unbranched alkanes of at least 4 members (excludes halogenated alkanes) is 1. The van der Waals surface area contributed by atoms with Gasteiger partial charge in [0, 0.05) is 33.3 Å². The van der Waals surface area contributed by atoms with Gasteiger partial charge in [0.2, 0.25) is 0 Å². The van der Waals surface area contributed by atoms with E-state index in [1.165, 1.54) is 21.2 Å². The number of nitrogens with zero attached hydrogens (tertiary/aromatic N) is 4. The Morgan fingerprint density at radius 3 is 2.50 bits per heavy atom. The number of nitriles is 1. The van der Waals surface area contributed by atoms with Crippen molar-refractivity contribution in [1.29, 1.82) is 5.26 Å². The molecule has 0 unspecified atom stereocenters. The standard InChI is InChI=1S/C18H22N4O2S2/c1-6-7-8-20(3)15-12(9-14-17(24)22(5)18(25)26-14)11(2)13(10-19)16(23)21(15)4/h9H,6-8H2,1-5H3. The molecule has 0 saturated carbocycles. The van der Waals surface area contributed by atoms with E-state index < -0.39 is 0 Å². The lowest BCUT2D eigenvalue weighted by Gasteiger charge is -2.25. The van der Waals surface area contributed by atoms with E-state index >= 15 is 0 Å². The number of anilines is 1. The van der Waals surface area contributed by atoms with Gasteiger partial charge < -0.3 is 4.90 Å². The Morgan fingerprint density at radius 2 is 2.00 bits per heavy atom. The molecule has 0 N–H and O–H groups in total. The van der Waals surface area contributed by atoms with Gasteiger partial charge in [0.25, 0.3) is 11.5 Å². The minimum Gasteiger partial charge on any atom is -0.360 e. The molecular weight excluding hydrogens is 368 g/mol. The molecule has 0 spiro atoms. The van der Waals surface area contributed by atoms with Gasteiger partial charge in [0.1, 0.15) is 21.8 Å². The predicted octanol–water partition coefficient (Wildman–Crippen LogP) is 2.63. The normalized spacial score (nSPS) is 15.7. The van der Waals surface area contributed by atoms with Gasteiger partial charge in [-0.1, -0.05) is 37.3 Å². The molecule has 1 aromatic rings. The maximum absolute atomic E-state index is 12.6. The topological polar surface area (TPSA) is 69.3 Å². The highest BCUT2D eigenvalue weighted by atomic mass is 32.2. The van der Waals surface area contributed by atoms with E-state index in [0.717, 1.165) is 19.4 Å². The Morgan fingerprint density at radius 1 is 1.35 bits per heavy atom. The van der Waals surface area contributed by atoms with E-state index in [1.54, 1.807) is 27.1 Å². The van der Waals surface area contributed by atoms with Gasteiger partial charge in [0.05, 0.1) is 4.91 Å². The van der Waals surface area contributed by atoms with Crippen molar-refractivity contribution in [1.82, 2.24) is 9.47 Å². The lowest BCUT2D eigenvalue weighted by Crippen LogP contribution is -2.31. The van der Waals surface area contributed by atoms with Gasteiger partial charge >= 0.3 is 0 Å². The third-order valence-electron chi connectivity index (χ3n) is 4.44. The molecule has 0 aromatic carbocycles.